The fourth-order valence-electron chi connectivity index (χ4n) is 2.55. The Bertz CT molecular complexity index is 772. The quantitative estimate of drug-likeness (QED) is 0.820. The lowest BCUT2D eigenvalue weighted by atomic mass is 10.2. The normalized spacial score (nSPS) is 14.6. The molecule has 1 saturated heterocycles. The van der Waals surface area contributed by atoms with Crippen LogP contribution in [0.4, 0.5) is 10.1 Å². The van der Waals surface area contributed by atoms with E-state index in [0.717, 1.165) is 30.9 Å². The number of anilines is 1. The summed E-state index contributed by atoms with van der Waals surface area (Å²) in [5.74, 6) is -0.390. The maximum atomic E-state index is 13.0. The van der Waals surface area contributed by atoms with Crippen LogP contribution in [0.1, 0.15) is 5.56 Å². The van der Waals surface area contributed by atoms with Gasteiger partial charge in [-0.2, -0.15) is 15.0 Å². The summed E-state index contributed by atoms with van der Waals surface area (Å²) in [7, 11) is 0. The second-order valence-corrected chi connectivity index (χ2v) is 5.06. The molecule has 6 nitrogen and oxygen atoms in total. The number of piperazine rings is 1. The Kier molecular flexibility index (Phi) is 3.85. The molecule has 0 aliphatic carbocycles. The topological polar surface area (TPSA) is 78.5 Å². The second-order valence-electron chi connectivity index (χ2n) is 5.06. The Labute approximate surface area is 126 Å². The van der Waals surface area contributed by atoms with Crippen LogP contribution in [-0.4, -0.2) is 36.0 Å². The maximum absolute atomic E-state index is 13.0. The first kappa shape index (κ1) is 14.2. The summed E-state index contributed by atoms with van der Waals surface area (Å²) < 4.78 is 14.1. The van der Waals surface area contributed by atoms with E-state index < -0.39 is 11.4 Å². The molecule has 1 fully saturated rings. The number of quaternary nitrogens is 1. The molecule has 2 heterocycles. The van der Waals surface area contributed by atoms with Crippen molar-refractivity contribution in [1.82, 2.24) is 9.78 Å². The second kappa shape index (κ2) is 5.95. The first-order valence-electron chi connectivity index (χ1n) is 7.05. The van der Waals surface area contributed by atoms with Gasteiger partial charge in [0.2, 0.25) is 0 Å². The molecule has 2 aromatic rings. The van der Waals surface area contributed by atoms with Gasteiger partial charge in [-0.25, -0.2) is 4.39 Å². The zero-order chi connectivity index (χ0) is 15.5. The lowest BCUT2D eigenvalue weighted by Gasteiger charge is -2.27. The highest BCUT2D eigenvalue weighted by molar-refractivity contribution is 5.57. The molecule has 3 rings (SSSR count). The summed E-state index contributed by atoms with van der Waals surface area (Å²) in [5.41, 5.74) is 0.586. The third-order valence-electron chi connectivity index (χ3n) is 3.69. The summed E-state index contributed by atoms with van der Waals surface area (Å²) in [6.45, 7) is 3.39. The summed E-state index contributed by atoms with van der Waals surface area (Å²) in [6, 6.07) is 7.41. The lowest BCUT2D eigenvalue weighted by molar-refractivity contribution is -0.655. The number of aromatic nitrogens is 2. The number of rotatable bonds is 2. The van der Waals surface area contributed by atoms with Gasteiger partial charge in [-0.1, -0.05) is 0 Å². The molecule has 22 heavy (non-hydrogen) atoms. The number of hydrogen-bond donors (Lipinski definition) is 1. The van der Waals surface area contributed by atoms with E-state index in [-0.39, 0.29) is 5.56 Å². The van der Waals surface area contributed by atoms with Gasteiger partial charge in [0.05, 0.1) is 43.8 Å². The average Bonchev–Trinajstić information content (AvgIpc) is 2.56. The zero-order valence-corrected chi connectivity index (χ0v) is 11.9. The molecule has 0 unspecified atom stereocenters. The lowest BCUT2D eigenvalue weighted by Crippen LogP contribution is -2.89. The van der Waals surface area contributed by atoms with Crippen molar-refractivity contribution in [1.29, 1.82) is 5.26 Å². The SMILES string of the molecule is N#Cc1c(N2CC[NH2+]CC2)cnn(-c2ccc(F)cc2)c1=O. The van der Waals surface area contributed by atoms with Crippen molar-refractivity contribution in [2.75, 3.05) is 31.1 Å². The van der Waals surface area contributed by atoms with Crippen LogP contribution in [0.3, 0.4) is 0 Å². The highest BCUT2D eigenvalue weighted by atomic mass is 19.1. The van der Waals surface area contributed by atoms with Gasteiger partial charge in [0.15, 0.2) is 0 Å². The number of nitrogens with zero attached hydrogens (tertiary/aromatic N) is 4. The summed E-state index contributed by atoms with van der Waals surface area (Å²) in [4.78, 5) is 14.5. The van der Waals surface area contributed by atoms with Crippen LogP contribution in [0.2, 0.25) is 0 Å². The summed E-state index contributed by atoms with van der Waals surface area (Å²) in [6.07, 6.45) is 1.54. The third-order valence-corrected chi connectivity index (χ3v) is 3.69. The molecule has 1 aliphatic heterocycles. The fourth-order valence-corrected chi connectivity index (χ4v) is 2.55. The molecule has 0 spiro atoms. The molecule has 1 aliphatic rings. The number of nitriles is 1. The van der Waals surface area contributed by atoms with Gasteiger partial charge in [0.25, 0.3) is 5.56 Å². The van der Waals surface area contributed by atoms with Crippen LogP contribution < -0.4 is 15.8 Å². The van der Waals surface area contributed by atoms with Gasteiger partial charge < -0.3 is 10.2 Å². The van der Waals surface area contributed by atoms with Crippen LogP contribution in [0, 0.1) is 17.1 Å². The molecule has 112 valence electrons. The van der Waals surface area contributed by atoms with Gasteiger partial charge >= 0.3 is 0 Å². The van der Waals surface area contributed by atoms with Gasteiger partial charge in [-0.05, 0) is 24.3 Å². The average molecular weight is 300 g/mol. The van der Waals surface area contributed by atoms with Gasteiger partial charge in [-0.3, -0.25) is 4.79 Å². The highest BCUT2D eigenvalue weighted by Crippen LogP contribution is 2.16. The van der Waals surface area contributed by atoms with Crippen LogP contribution in [0.15, 0.2) is 35.3 Å². The van der Waals surface area contributed by atoms with Crippen LogP contribution in [0.5, 0.6) is 0 Å². The van der Waals surface area contributed by atoms with Gasteiger partial charge in [-0.15, -0.1) is 0 Å². The van der Waals surface area contributed by atoms with E-state index in [9.17, 15) is 14.4 Å². The Morgan fingerprint density at radius 3 is 2.55 bits per heavy atom. The maximum Gasteiger partial charge on any atom is 0.291 e. The number of benzene rings is 1. The number of nitrogens with two attached hydrogens (primary N) is 1. The Morgan fingerprint density at radius 2 is 1.91 bits per heavy atom. The van der Waals surface area contributed by atoms with E-state index in [1.165, 1.54) is 30.5 Å². The van der Waals surface area contributed by atoms with Crippen molar-refractivity contribution in [2.24, 2.45) is 0 Å². The van der Waals surface area contributed by atoms with E-state index in [1.807, 2.05) is 11.0 Å². The molecule has 0 saturated carbocycles. The minimum atomic E-state index is -0.485. The molecule has 0 bridgehead atoms. The van der Waals surface area contributed by atoms with Gasteiger partial charge in [0.1, 0.15) is 17.4 Å². The first-order chi connectivity index (χ1) is 10.7. The van der Waals surface area contributed by atoms with Crippen molar-refractivity contribution in [3.63, 3.8) is 0 Å². The predicted octanol–water partition coefficient (Wildman–Crippen LogP) is -0.373. The third kappa shape index (κ3) is 2.56. The smallest absolute Gasteiger partial charge is 0.291 e. The molecular formula is C15H15FN5O+. The van der Waals surface area contributed by atoms with E-state index >= 15 is 0 Å². The molecule has 0 amide bonds. The van der Waals surface area contributed by atoms with Crippen molar-refractivity contribution in [3.8, 4) is 11.8 Å². The minimum Gasteiger partial charge on any atom is -0.358 e. The Morgan fingerprint density at radius 1 is 1.23 bits per heavy atom. The summed E-state index contributed by atoms with van der Waals surface area (Å²) in [5, 5.41) is 15.7. The Hall–Kier alpha value is -2.72. The first-order valence-corrected chi connectivity index (χ1v) is 7.05. The molecule has 0 atom stereocenters. The largest absolute Gasteiger partial charge is 0.358 e. The minimum absolute atomic E-state index is 0.0706. The van der Waals surface area contributed by atoms with Crippen molar-refractivity contribution < 1.29 is 9.71 Å². The molecule has 7 heteroatoms. The van der Waals surface area contributed by atoms with Crippen LogP contribution >= 0.6 is 0 Å². The monoisotopic (exact) mass is 300 g/mol. The van der Waals surface area contributed by atoms with E-state index in [1.54, 1.807) is 0 Å². The van der Waals surface area contributed by atoms with Crippen molar-refractivity contribution in [3.05, 3.63) is 52.2 Å². The van der Waals surface area contributed by atoms with Crippen molar-refractivity contribution >= 4 is 5.69 Å². The molecule has 1 aromatic carbocycles. The Balaban J connectivity index is 2.06. The van der Waals surface area contributed by atoms with E-state index in [2.05, 4.69) is 10.4 Å². The molecular weight excluding hydrogens is 285 g/mol. The molecule has 1 aromatic heterocycles. The molecule has 0 radical (unpaired) electrons. The standard InChI is InChI=1S/C15H14FN5O/c16-11-1-3-12(4-2-11)21-15(22)13(9-17)14(10-19-21)20-7-5-18-6-8-20/h1-4,10,18H,5-8H2/p+1. The van der Waals surface area contributed by atoms with E-state index in [4.69, 9.17) is 0 Å². The van der Waals surface area contributed by atoms with Crippen LogP contribution in [-0.2, 0) is 0 Å². The van der Waals surface area contributed by atoms with Gasteiger partial charge in [0, 0.05) is 0 Å². The van der Waals surface area contributed by atoms with Crippen LogP contribution in [0.25, 0.3) is 5.69 Å². The zero-order valence-electron chi connectivity index (χ0n) is 11.9. The summed E-state index contributed by atoms with van der Waals surface area (Å²) >= 11 is 0. The number of halogens is 1. The molecule has 2 N–H and O–H groups in total. The number of hydrogen-bond acceptors (Lipinski definition) is 4. The fraction of sp³-hybridized carbons (Fsp3) is 0.267. The highest BCUT2D eigenvalue weighted by Gasteiger charge is 2.20. The van der Waals surface area contributed by atoms with E-state index in [0.29, 0.717) is 11.4 Å². The van der Waals surface area contributed by atoms with Crippen molar-refractivity contribution in [2.45, 2.75) is 0 Å². The predicted molar refractivity (Wildman–Crippen MR) is 78.4 cm³/mol.